The molecule has 0 saturated carbocycles. The Morgan fingerprint density at radius 3 is 1.17 bits per heavy atom. The molecular weight excluding hydrogens is 328 g/mol. The number of halogens is 1. The van der Waals surface area contributed by atoms with Gasteiger partial charge in [0.1, 0.15) is 8.83 Å². The van der Waals surface area contributed by atoms with Gasteiger partial charge in [0.15, 0.2) is 0 Å². The normalized spacial score (nSPS) is 9.08. The van der Waals surface area contributed by atoms with Crippen LogP contribution >= 0.6 is 11.1 Å². The molecule has 0 aliphatic heterocycles. The van der Waals surface area contributed by atoms with Crippen LogP contribution in [-0.2, 0) is 0 Å². The van der Waals surface area contributed by atoms with Gasteiger partial charge in [-0.1, -0.05) is 100.0 Å². The molecule has 0 aliphatic carbocycles. The first-order valence-electron chi connectivity index (χ1n) is 7.90. The molecule has 0 bridgehead atoms. The van der Waals surface area contributed by atoms with E-state index in [0.717, 1.165) is 22.3 Å². The Morgan fingerprint density at radius 1 is 0.750 bits per heavy atom. The van der Waals surface area contributed by atoms with Crippen molar-refractivity contribution in [3.63, 3.8) is 0 Å². The fourth-order valence-electron chi connectivity index (χ4n) is 1.63. The fraction of sp³-hybridized carbons (Fsp3) is 0.0909. The number of hydrogen-bond donors (Lipinski definition) is 0. The summed E-state index contributed by atoms with van der Waals surface area (Å²) in [6.07, 6.45) is 7.31. The van der Waals surface area contributed by atoms with Gasteiger partial charge < -0.3 is 0 Å². The molecule has 126 valence electrons. The standard InChI is InChI=1S/2C10H10.C2H7ClSi/c2*1-3-9-6-5-7-10(4-2)8-9;1-2-4-3/h2*3-8H,1-2H2;2,4H2,1H3. The Labute approximate surface area is 154 Å². The third kappa shape index (κ3) is 9.83. The second-order valence-corrected chi connectivity index (χ2v) is 7.36. The third-order valence-electron chi connectivity index (χ3n) is 2.95. The minimum atomic E-state index is -0.103. The van der Waals surface area contributed by atoms with Gasteiger partial charge in [-0.25, -0.2) is 0 Å². The van der Waals surface area contributed by atoms with Crippen LogP contribution in [0.5, 0.6) is 0 Å². The predicted octanol–water partition coefficient (Wildman–Crippen LogP) is 6.69. The lowest BCUT2D eigenvalue weighted by atomic mass is 10.1. The smallest absolute Gasteiger partial charge is 0.125 e. The van der Waals surface area contributed by atoms with E-state index < -0.39 is 0 Å². The van der Waals surface area contributed by atoms with Crippen LogP contribution in [0.1, 0.15) is 29.2 Å². The van der Waals surface area contributed by atoms with Gasteiger partial charge in [0.2, 0.25) is 0 Å². The molecule has 2 aromatic rings. The molecule has 0 spiro atoms. The van der Waals surface area contributed by atoms with E-state index in [0.29, 0.717) is 0 Å². The van der Waals surface area contributed by atoms with Gasteiger partial charge in [0, 0.05) is 0 Å². The highest BCUT2D eigenvalue weighted by atomic mass is 35.6. The minimum Gasteiger partial charge on any atom is -0.176 e. The molecule has 0 unspecified atom stereocenters. The van der Waals surface area contributed by atoms with Gasteiger partial charge in [-0.2, -0.15) is 11.1 Å². The van der Waals surface area contributed by atoms with E-state index in [1.54, 1.807) is 0 Å². The van der Waals surface area contributed by atoms with Crippen molar-refractivity contribution in [3.05, 3.63) is 97.1 Å². The van der Waals surface area contributed by atoms with Gasteiger partial charge in [-0.3, -0.25) is 0 Å². The van der Waals surface area contributed by atoms with E-state index in [1.165, 1.54) is 6.04 Å². The van der Waals surface area contributed by atoms with Crippen molar-refractivity contribution in [2.45, 2.75) is 13.0 Å². The van der Waals surface area contributed by atoms with E-state index in [9.17, 15) is 0 Å². The molecule has 0 heterocycles. The van der Waals surface area contributed by atoms with Crippen molar-refractivity contribution in [1.29, 1.82) is 0 Å². The van der Waals surface area contributed by atoms with Gasteiger partial charge >= 0.3 is 0 Å². The van der Waals surface area contributed by atoms with Crippen LogP contribution in [0.3, 0.4) is 0 Å². The molecule has 0 amide bonds. The van der Waals surface area contributed by atoms with Crippen molar-refractivity contribution in [1.82, 2.24) is 0 Å². The molecule has 0 N–H and O–H groups in total. The first-order valence-corrected chi connectivity index (χ1v) is 11.0. The van der Waals surface area contributed by atoms with E-state index >= 15 is 0 Å². The number of hydrogen-bond acceptors (Lipinski definition) is 0. The summed E-state index contributed by atoms with van der Waals surface area (Å²) in [5.41, 5.74) is 4.55. The molecule has 0 saturated heterocycles. The lowest BCUT2D eigenvalue weighted by molar-refractivity contribution is 1.47. The summed E-state index contributed by atoms with van der Waals surface area (Å²) in [6, 6.07) is 17.4. The minimum absolute atomic E-state index is 0.103. The average molecular weight is 355 g/mol. The van der Waals surface area contributed by atoms with Crippen molar-refractivity contribution >= 4 is 44.2 Å². The summed E-state index contributed by atoms with van der Waals surface area (Å²) >= 11 is 5.32. The molecule has 0 aromatic heterocycles. The highest BCUT2D eigenvalue weighted by molar-refractivity contribution is 6.93. The quantitative estimate of drug-likeness (QED) is 0.414. The van der Waals surface area contributed by atoms with Crippen molar-refractivity contribution in [3.8, 4) is 0 Å². The topological polar surface area (TPSA) is 0 Å². The SMILES string of the molecule is C=Cc1cccc(C=C)c1.C=Cc1cccc(C=C)c1.CC[SiH2]Cl. The van der Waals surface area contributed by atoms with E-state index in [-0.39, 0.29) is 8.83 Å². The highest BCUT2D eigenvalue weighted by Crippen LogP contribution is 2.07. The summed E-state index contributed by atoms with van der Waals surface area (Å²) in [7, 11) is -0.103. The molecule has 0 nitrogen and oxygen atoms in total. The summed E-state index contributed by atoms with van der Waals surface area (Å²) in [4.78, 5) is 0. The van der Waals surface area contributed by atoms with Crippen molar-refractivity contribution in [2.24, 2.45) is 0 Å². The first-order chi connectivity index (χ1) is 11.6. The summed E-state index contributed by atoms with van der Waals surface area (Å²) in [5, 5.41) is 0. The first kappa shape index (κ1) is 21.9. The summed E-state index contributed by atoms with van der Waals surface area (Å²) in [6.45, 7) is 16.8. The molecule has 0 atom stereocenters. The molecule has 0 radical (unpaired) electrons. The average Bonchev–Trinajstić information content (AvgIpc) is 2.68. The molecule has 2 aromatic carbocycles. The Balaban J connectivity index is 0.000000363. The lowest BCUT2D eigenvalue weighted by Gasteiger charge is -1.93. The van der Waals surface area contributed by atoms with E-state index in [1.807, 2.05) is 72.8 Å². The fourth-order valence-corrected chi connectivity index (χ4v) is 1.63. The second-order valence-electron chi connectivity index (χ2n) is 4.85. The van der Waals surface area contributed by atoms with Crippen LogP contribution in [0.15, 0.2) is 74.8 Å². The number of rotatable bonds is 5. The monoisotopic (exact) mass is 354 g/mol. The van der Waals surface area contributed by atoms with Crippen LogP contribution in [0.4, 0.5) is 0 Å². The van der Waals surface area contributed by atoms with Crippen LogP contribution in [0, 0.1) is 0 Å². The maximum atomic E-state index is 5.32. The highest BCUT2D eigenvalue weighted by Gasteiger charge is 1.86. The maximum absolute atomic E-state index is 5.32. The zero-order valence-corrected chi connectivity index (χ0v) is 16.7. The van der Waals surface area contributed by atoms with Crippen LogP contribution in [0.2, 0.25) is 6.04 Å². The number of benzene rings is 2. The van der Waals surface area contributed by atoms with E-state index in [4.69, 9.17) is 11.1 Å². The van der Waals surface area contributed by atoms with Gasteiger partial charge in [-0.15, -0.1) is 0 Å². The summed E-state index contributed by atoms with van der Waals surface area (Å²) < 4.78 is 0. The zero-order valence-electron chi connectivity index (χ0n) is 14.5. The van der Waals surface area contributed by atoms with Crippen molar-refractivity contribution in [2.75, 3.05) is 0 Å². The Hall–Kier alpha value is -2.09. The van der Waals surface area contributed by atoms with Crippen LogP contribution in [0.25, 0.3) is 24.3 Å². The Morgan fingerprint density at radius 2 is 1.00 bits per heavy atom. The third-order valence-corrected chi connectivity index (χ3v) is 4.47. The predicted molar refractivity (Wildman–Crippen MR) is 118 cm³/mol. The van der Waals surface area contributed by atoms with Crippen LogP contribution < -0.4 is 0 Å². The zero-order chi connectivity index (χ0) is 18.2. The second kappa shape index (κ2) is 14.5. The molecule has 0 aliphatic rings. The largest absolute Gasteiger partial charge is 0.176 e. The van der Waals surface area contributed by atoms with E-state index in [2.05, 4.69) is 33.2 Å². The van der Waals surface area contributed by atoms with Gasteiger partial charge in [0.05, 0.1) is 0 Å². The van der Waals surface area contributed by atoms with Gasteiger partial charge in [0.25, 0.3) is 0 Å². The van der Waals surface area contributed by atoms with Crippen LogP contribution in [-0.4, -0.2) is 8.83 Å². The maximum Gasteiger partial charge on any atom is 0.125 e. The molecule has 24 heavy (non-hydrogen) atoms. The Kier molecular flexibility index (Phi) is 13.2. The molecular formula is C22H27ClSi. The Bertz CT molecular complexity index is 540. The summed E-state index contributed by atoms with van der Waals surface area (Å²) in [5.74, 6) is 0. The van der Waals surface area contributed by atoms with Gasteiger partial charge in [-0.05, 0) is 34.4 Å². The molecule has 2 rings (SSSR count). The van der Waals surface area contributed by atoms with Crippen molar-refractivity contribution < 1.29 is 0 Å². The lowest BCUT2D eigenvalue weighted by Crippen LogP contribution is -1.72. The molecule has 0 fully saturated rings. The molecule has 2 heteroatoms.